The number of furan rings is 1. The Balaban J connectivity index is 1.08. The molecule has 0 atom stereocenters. The topological polar surface area (TPSA) is 175 Å². The lowest BCUT2D eigenvalue weighted by atomic mass is 10.0. The fraction of sp³-hybridized carbons (Fsp3) is 0.526. The molecule has 7 heterocycles. The Labute approximate surface area is 308 Å². The van der Waals surface area contributed by atoms with Gasteiger partial charge < -0.3 is 35.2 Å². The average Bonchev–Trinajstić information content (AvgIpc) is 3.96. The van der Waals surface area contributed by atoms with Crippen molar-refractivity contribution < 1.29 is 23.5 Å². The van der Waals surface area contributed by atoms with E-state index in [4.69, 9.17) is 23.9 Å². The van der Waals surface area contributed by atoms with Gasteiger partial charge in [-0.2, -0.15) is 10.2 Å². The first-order chi connectivity index (χ1) is 25.9. The molecular weight excluding hydrogens is 676 g/mol. The minimum Gasteiger partial charge on any atom is -0.446 e. The van der Waals surface area contributed by atoms with E-state index < -0.39 is 11.8 Å². The highest BCUT2D eigenvalue weighted by Crippen LogP contribution is 2.33. The molecule has 0 aliphatic carbocycles. The van der Waals surface area contributed by atoms with Gasteiger partial charge in [-0.1, -0.05) is 13.8 Å². The summed E-state index contributed by atoms with van der Waals surface area (Å²) in [4.78, 5) is 36.9. The fourth-order valence-electron chi connectivity index (χ4n) is 7.29. The Kier molecular flexibility index (Phi) is 11.2. The van der Waals surface area contributed by atoms with E-state index in [-0.39, 0.29) is 36.7 Å². The third-order valence-corrected chi connectivity index (χ3v) is 10.3. The van der Waals surface area contributed by atoms with Gasteiger partial charge in [-0.25, -0.2) is 19.3 Å². The molecule has 0 aromatic carbocycles. The number of aryl methyl sites for hydroxylation is 4. The van der Waals surface area contributed by atoms with Crippen LogP contribution < -0.4 is 21.3 Å². The molecule has 15 heteroatoms. The van der Waals surface area contributed by atoms with Crippen molar-refractivity contribution in [3.8, 4) is 0 Å². The van der Waals surface area contributed by atoms with Crippen molar-refractivity contribution in [2.45, 2.75) is 104 Å². The van der Waals surface area contributed by atoms with Gasteiger partial charge in [-0.15, -0.1) is 0 Å². The molecule has 0 bridgehead atoms. The second kappa shape index (κ2) is 16.3. The van der Waals surface area contributed by atoms with Crippen molar-refractivity contribution in [3.63, 3.8) is 0 Å². The van der Waals surface area contributed by atoms with Gasteiger partial charge in [0.25, 0.3) is 11.8 Å². The molecule has 0 saturated carbocycles. The number of amides is 2. The SMILES string of the molecule is CCc1nc2c(cnn2CC)c(NC2CCOCC2)c1CNC(=O)c1ccc(C(=O)NCc2c(CC)nc3c(cnn3CC)c2NC2CCOCC2)o1. The maximum absolute atomic E-state index is 13.5. The number of ether oxygens (including phenoxy) is 2. The number of hydrogen-bond donors (Lipinski definition) is 4. The van der Waals surface area contributed by atoms with Gasteiger partial charge in [-0.05, 0) is 64.5 Å². The van der Waals surface area contributed by atoms with E-state index in [9.17, 15) is 9.59 Å². The number of hydrogen-bond acceptors (Lipinski definition) is 11. The van der Waals surface area contributed by atoms with E-state index in [1.54, 1.807) is 0 Å². The Morgan fingerprint density at radius 1 is 0.679 bits per heavy atom. The van der Waals surface area contributed by atoms with Crippen molar-refractivity contribution in [2.75, 3.05) is 37.1 Å². The van der Waals surface area contributed by atoms with E-state index in [1.807, 2.05) is 35.6 Å². The van der Waals surface area contributed by atoms with E-state index >= 15 is 0 Å². The number of aromatic nitrogens is 6. The van der Waals surface area contributed by atoms with E-state index in [2.05, 4.69) is 45.3 Å². The molecule has 2 aliphatic heterocycles. The molecule has 53 heavy (non-hydrogen) atoms. The molecule has 7 rings (SSSR count). The van der Waals surface area contributed by atoms with Crippen LogP contribution in [-0.4, -0.2) is 79.9 Å². The lowest BCUT2D eigenvalue weighted by molar-refractivity contribution is 0.0897. The van der Waals surface area contributed by atoms with E-state index in [1.165, 1.54) is 12.1 Å². The molecule has 2 fully saturated rings. The van der Waals surface area contributed by atoms with Crippen molar-refractivity contribution >= 4 is 45.3 Å². The Hall–Kier alpha value is -5.02. The summed E-state index contributed by atoms with van der Waals surface area (Å²) in [7, 11) is 0. The van der Waals surface area contributed by atoms with Crippen LogP contribution in [0.2, 0.25) is 0 Å². The standard InChI is InChI=1S/C38H50N10O5/c1-5-29-25(33(43-23-11-15-51-16-12-23)27-21-41-47(7-3)35(27)45-29)19-39-37(49)31-9-10-32(53-31)38(50)40-20-26-30(6-2)46-36-28(22-42-48(36)8-4)34(26)44-24-13-17-52-18-14-24/h9-10,21-24H,5-8,11-20H2,1-4H3,(H,39,49)(H,40,50)(H,43,45)(H,44,46). The maximum atomic E-state index is 13.5. The summed E-state index contributed by atoms with van der Waals surface area (Å²) in [6.07, 6.45) is 8.59. The summed E-state index contributed by atoms with van der Waals surface area (Å²) >= 11 is 0. The number of carbonyl (C=O) groups is 2. The highest BCUT2D eigenvalue weighted by atomic mass is 16.5. The minimum atomic E-state index is -0.425. The molecule has 5 aromatic heterocycles. The largest absolute Gasteiger partial charge is 0.446 e. The van der Waals surface area contributed by atoms with Crippen LogP contribution in [-0.2, 0) is 48.5 Å². The molecule has 0 spiro atoms. The summed E-state index contributed by atoms with van der Waals surface area (Å²) < 4.78 is 20.8. The highest BCUT2D eigenvalue weighted by Gasteiger charge is 2.25. The average molecular weight is 727 g/mol. The number of rotatable bonds is 14. The Morgan fingerprint density at radius 3 is 1.47 bits per heavy atom. The van der Waals surface area contributed by atoms with E-state index in [0.29, 0.717) is 52.4 Å². The third kappa shape index (κ3) is 7.58. The van der Waals surface area contributed by atoms with Crippen LogP contribution >= 0.6 is 0 Å². The second-order valence-electron chi connectivity index (χ2n) is 13.5. The summed E-state index contributed by atoms with van der Waals surface area (Å²) in [6.45, 7) is 12.9. The summed E-state index contributed by atoms with van der Waals surface area (Å²) in [5.41, 5.74) is 7.09. The summed E-state index contributed by atoms with van der Waals surface area (Å²) in [5.74, 6) is -0.755. The minimum absolute atomic E-state index is 0.0474. The number of pyridine rings is 2. The van der Waals surface area contributed by atoms with Crippen molar-refractivity contribution in [3.05, 3.63) is 58.6 Å². The zero-order valence-corrected chi connectivity index (χ0v) is 31.1. The van der Waals surface area contributed by atoms with Crippen LogP contribution in [0.4, 0.5) is 11.4 Å². The van der Waals surface area contributed by atoms with Crippen molar-refractivity contribution in [1.29, 1.82) is 0 Å². The van der Waals surface area contributed by atoms with Crippen LogP contribution in [0.25, 0.3) is 22.1 Å². The third-order valence-electron chi connectivity index (χ3n) is 10.3. The van der Waals surface area contributed by atoms with Gasteiger partial charge in [0.05, 0.1) is 34.5 Å². The smallest absolute Gasteiger partial charge is 0.287 e. The van der Waals surface area contributed by atoms with Crippen LogP contribution in [0, 0.1) is 0 Å². The summed E-state index contributed by atoms with van der Waals surface area (Å²) in [5, 5.41) is 24.5. The normalized spacial score (nSPS) is 15.6. The maximum Gasteiger partial charge on any atom is 0.287 e. The van der Waals surface area contributed by atoms with Gasteiger partial charge in [0, 0.05) is 87.2 Å². The van der Waals surface area contributed by atoms with Gasteiger partial charge >= 0.3 is 0 Å². The van der Waals surface area contributed by atoms with Gasteiger partial charge in [0.2, 0.25) is 0 Å². The molecule has 0 unspecified atom stereocenters. The molecule has 2 aliphatic rings. The van der Waals surface area contributed by atoms with Crippen molar-refractivity contribution in [2.24, 2.45) is 0 Å². The van der Waals surface area contributed by atoms with Crippen LogP contribution in [0.15, 0.2) is 28.9 Å². The second-order valence-corrected chi connectivity index (χ2v) is 13.5. The van der Waals surface area contributed by atoms with Crippen molar-refractivity contribution in [1.82, 2.24) is 40.2 Å². The first-order valence-electron chi connectivity index (χ1n) is 19.0. The quantitative estimate of drug-likeness (QED) is 0.122. The van der Waals surface area contributed by atoms with Crippen LogP contribution in [0.1, 0.15) is 97.0 Å². The van der Waals surface area contributed by atoms with Crippen LogP contribution in [0.5, 0.6) is 0 Å². The lowest BCUT2D eigenvalue weighted by Crippen LogP contribution is -2.30. The highest BCUT2D eigenvalue weighted by molar-refractivity contribution is 5.97. The molecule has 282 valence electrons. The number of carbonyl (C=O) groups excluding carboxylic acids is 2. The molecule has 2 saturated heterocycles. The van der Waals surface area contributed by atoms with E-state index in [0.717, 1.165) is 81.6 Å². The first-order valence-corrected chi connectivity index (χ1v) is 19.0. The molecule has 5 aromatic rings. The number of nitrogens with one attached hydrogen (secondary N) is 4. The first kappa shape index (κ1) is 36.3. The van der Waals surface area contributed by atoms with Gasteiger partial charge in [0.15, 0.2) is 22.8 Å². The Bertz CT molecular complexity index is 1930. The molecule has 0 radical (unpaired) electrons. The molecule has 4 N–H and O–H groups in total. The lowest BCUT2D eigenvalue weighted by Gasteiger charge is -2.26. The Morgan fingerprint density at radius 2 is 1.09 bits per heavy atom. The number of fused-ring (bicyclic) bond motifs is 2. The zero-order chi connectivity index (χ0) is 36.9. The fourth-order valence-corrected chi connectivity index (χ4v) is 7.29. The molecular formula is C38H50N10O5. The molecule has 15 nitrogen and oxygen atoms in total. The number of nitrogens with zero attached hydrogens (tertiary/aromatic N) is 6. The summed E-state index contributed by atoms with van der Waals surface area (Å²) in [6, 6.07) is 3.53. The zero-order valence-electron chi connectivity index (χ0n) is 31.1. The van der Waals surface area contributed by atoms with Crippen LogP contribution in [0.3, 0.4) is 0 Å². The predicted molar refractivity (Wildman–Crippen MR) is 201 cm³/mol. The van der Waals surface area contributed by atoms with Gasteiger partial charge in [-0.3, -0.25) is 9.59 Å². The van der Waals surface area contributed by atoms with Gasteiger partial charge in [0.1, 0.15) is 0 Å². The molecule has 2 amide bonds. The predicted octanol–water partition coefficient (Wildman–Crippen LogP) is 4.98. The monoisotopic (exact) mass is 726 g/mol. The number of anilines is 2.